The van der Waals surface area contributed by atoms with E-state index in [1.807, 2.05) is 6.92 Å². The molecule has 0 bridgehead atoms. The van der Waals surface area contributed by atoms with Gasteiger partial charge in [0.05, 0.1) is 11.8 Å². The minimum Gasteiger partial charge on any atom is -0.331 e. The molecule has 186 valence electrons. The van der Waals surface area contributed by atoms with Crippen LogP contribution in [0.1, 0.15) is 40.2 Å². The number of carbonyl (C=O) groups excluding carboxylic acids is 1. The Balaban J connectivity index is 1.81. The molecule has 0 unspecified atom stereocenters. The highest BCUT2D eigenvalue weighted by Gasteiger charge is 2.38. The van der Waals surface area contributed by atoms with Crippen LogP contribution in [0.25, 0.3) is 22.0 Å². The third-order valence-electron chi connectivity index (χ3n) is 6.30. The van der Waals surface area contributed by atoms with Gasteiger partial charge in [-0.05, 0) is 57.0 Å². The maximum Gasteiger partial charge on any atom is 0.282 e. The lowest BCUT2D eigenvalue weighted by Gasteiger charge is -2.14. The summed E-state index contributed by atoms with van der Waals surface area (Å²) in [5.74, 6) is -2.48. The monoisotopic (exact) mass is 511 g/mol. The molecule has 5 rings (SSSR count). The second-order valence-electron chi connectivity index (χ2n) is 9.13. The van der Waals surface area contributed by atoms with Crippen molar-refractivity contribution in [1.82, 2.24) is 14.3 Å². The molecule has 7 nitrogen and oxygen atoms in total. The summed E-state index contributed by atoms with van der Waals surface area (Å²) in [6.45, 7) is 3.37. The summed E-state index contributed by atoms with van der Waals surface area (Å²) in [6.07, 6.45) is 0.909. The zero-order chi connectivity index (χ0) is 25.8. The first-order valence-electron chi connectivity index (χ1n) is 11.4. The zero-order valence-electron chi connectivity index (χ0n) is 19.6. The summed E-state index contributed by atoms with van der Waals surface area (Å²) >= 11 is 0. The maximum atomic E-state index is 14.7. The molecule has 0 atom stereocenters. The van der Waals surface area contributed by atoms with Crippen molar-refractivity contribution in [3.8, 4) is 11.1 Å². The minimum absolute atomic E-state index is 0.0948. The van der Waals surface area contributed by atoms with Crippen molar-refractivity contribution < 1.29 is 22.0 Å². The third-order valence-corrected chi connectivity index (χ3v) is 8.12. The molecule has 1 saturated carbocycles. The van der Waals surface area contributed by atoms with Crippen LogP contribution in [0.3, 0.4) is 0 Å². The number of H-pyrrole nitrogens is 1. The van der Waals surface area contributed by atoms with Crippen LogP contribution < -0.4 is 10.3 Å². The van der Waals surface area contributed by atoms with Gasteiger partial charge in [-0.1, -0.05) is 17.7 Å². The van der Waals surface area contributed by atoms with Gasteiger partial charge in [0.2, 0.25) is 10.0 Å². The van der Waals surface area contributed by atoms with E-state index in [-0.39, 0.29) is 28.9 Å². The smallest absolute Gasteiger partial charge is 0.282 e. The number of pyridine rings is 1. The van der Waals surface area contributed by atoms with Crippen LogP contribution in [0.15, 0.2) is 53.3 Å². The Bertz CT molecular complexity index is 1700. The maximum absolute atomic E-state index is 14.7. The molecule has 2 heterocycles. The van der Waals surface area contributed by atoms with Gasteiger partial charge in [0, 0.05) is 39.4 Å². The summed E-state index contributed by atoms with van der Waals surface area (Å²) in [6, 6.07) is 11.7. The van der Waals surface area contributed by atoms with Gasteiger partial charge < -0.3 is 9.55 Å². The molecule has 2 N–H and O–H groups in total. The molecule has 1 aliphatic rings. The first-order valence-corrected chi connectivity index (χ1v) is 12.9. The van der Waals surface area contributed by atoms with Gasteiger partial charge in [0.25, 0.3) is 11.5 Å². The fraction of sp³-hybridized carbons (Fsp3) is 0.231. The summed E-state index contributed by atoms with van der Waals surface area (Å²) in [7, 11) is -3.92. The predicted molar refractivity (Wildman–Crippen MR) is 132 cm³/mol. The van der Waals surface area contributed by atoms with Crippen LogP contribution >= 0.6 is 0 Å². The van der Waals surface area contributed by atoms with E-state index >= 15 is 0 Å². The number of amides is 1. The normalized spacial score (nSPS) is 13.8. The van der Waals surface area contributed by atoms with E-state index in [0.717, 1.165) is 17.7 Å². The number of nitrogens with one attached hydrogen (secondary N) is 2. The van der Waals surface area contributed by atoms with Crippen molar-refractivity contribution in [3.63, 3.8) is 0 Å². The molecule has 2 aromatic carbocycles. The molecule has 0 radical (unpaired) electrons. The number of aromatic amines is 1. The molecule has 1 amide bonds. The number of sulfonamides is 1. The molecule has 36 heavy (non-hydrogen) atoms. The molecule has 1 aliphatic carbocycles. The van der Waals surface area contributed by atoms with E-state index in [9.17, 15) is 26.8 Å². The highest BCUT2D eigenvalue weighted by molar-refractivity contribution is 7.91. The highest BCUT2D eigenvalue weighted by atomic mass is 32.2. The SMILES string of the molecule is Cc1ccc2c(c1)c(-c1ccc(C)[nH]c1=O)c(C(=O)NS(=O)(=O)C1CC1)n2Cc1ccc(F)cc1F. The van der Waals surface area contributed by atoms with Gasteiger partial charge in [0.1, 0.15) is 17.3 Å². The number of carbonyl (C=O) groups is 1. The molecule has 0 spiro atoms. The van der Waals surface area contributed by atoms with Crippen molar-refractivity contribution >= 4 is 26.8 Å². The van der Waals surface area contributed by atoms with E-state index in [1.54, 1.807) is 37.3 Å². The molecule has 1 fully saturated rings. The number of benzene rings is 2. The summed E-state index contributed by atoms with van der Waals surface area (Å²) in [4.78, 5) is 29.3. The first-order chi connectivity index (χ1) is 17.0. The average molecular weight is 512 g/mol. The minimum atomic E-state index is -3.92. The van der Waals surface area contributed by atoms with Gasteiger partial charge in [-0.2, -0.15) is 0 Å². The lowest BCUT2D eigenvalue weighted by atomic mass is 10.0. The van der Waals surface area contributed by atoms with E-state index in [0.29, 0.717) is 29.4 Å². The fourth-order valence-electron chi connectivity index (χ4n) is 4.37. The number of aromatic nitrogens is 2. The van der Waals surface area contributed by atoms with Gasteiger partial charge in [-0.3, -0.25) is 9.59 Å². The van der Waals surface area contributed by atoms with E-state index < -0.39 is 38.4 Å². The zero-order valence-corrected chi connectivity index (χ0v) is 20.4. The van der Waals surface area contributed by atoms with E-state index in [2.05, 4.69) is 9.71 Å². The lowest BCUT2D eigenvalue weighted by molar-refractivity contribution is 0.0973. The van der Waals surface area contributed by atoms with Crippen molar-refractivity contribution in [2.45, 2.75) is 38.5 Å². The number of rotatable bonds is 6. The fourth-order valence-corrected chi connectivity index (χ4v) is 5.65. The molecule has 4 aromatic rings. The molecule has 0 aliphatic heterocycles. The number of fused-ring (bicyclic) bond motifs is 1. The Morgan fingerprint density at radius 2 is 1.83 bits per heavy atom. The van der Waals surface area contributed by atoms with Crippen LogP contribution in [0.2, 0.25) is 0 Å². The number of nitrogens with zero attached hydrogens (tertiary/aromatic N) is 1. The second-order valence-corrected chi connectivity index (χ2v) is 11.1. The standard InChI is InChI=1S/C26H23F2N3O4S/c1-14-3-10-22-20(11-14)23(19-9-4-15(2)29-25(19)32)24(26(33)30-36(34,35)18-7-8-18)31(22)13-16-5-6-17(27)12-21(16)28/h3-6,9-12,18H,7-8,13H2,1-2H3,(H,29,32)(H,30,33). The Labute approximate surface area is 205 Å². The van der Waals surface area contributed by atoms with Crippen LogP contribution in [0.5, 0.6) is 0 Å². The summed E-state index contributed by atoms with van der Waals surface area (Å²) in [5.41, 5.74) is 1.89. The molecular formula is C26H23F2N3O4S. The van der Waals surface area contributed by atoms with Crippen molar-refractivity contribution in [2.24, 2.45) is 0 Å². The number of halogens is 2. The van der Waals surface area contributed by atoms with Gasteiger partial charge in [0.15, 0.2) is 0 Å². The van der Waals surface area contributed by atoms with Crippen LogP contribution in [-0.2, 0) is 16.6 Å². The van der Waals surface area contributed by atoms with Crippen molar-refractivity contribution in [3.05, 3.63) is 93.0 Å². The van der Waals surface area contributed by atoms with E-state index in [4.69, 9.17) is 0 Å². The van der Waals surface area contributed by atoms with Crippen molar-refractivity contribution in [2.75, 3.05) is 0 Å². The van der Waals surface area contributed by atoms with Crippen LogP contribution in [0, 0.1) is 25.5 Å². The average Bonchev–Trinajstić information content (AvgIpc) is 3.61. The third kappa shape index (κ3) is 4.32. The first kappa shape index (κ1) is 23.9. The molecule has 10 heteroatoms. The molecule has 2 aromatic heterocycles. The molecule has 0 saturated heterocycles. The number of hydrogen-bond donors (Lipinski definition) is 2. The lowest BCUT2D eigenvalue weighted by Crippen LogP contribution is -2.35. The summed E-state index contributed by atoms with van der Waals surface area (Å²) in [5, 5.41) is -0.122. The van der Waals surface area contributed by atoms with Gasteiger partial charge >= 0.3 is 0 Å². The Morgan fingerprint density at radius 1 is 1.08 bits per heavy atom. The highest BCUT2D eigenvalue weighted by Crippen LogP contribution is 2.36. The van der Waals surface area contributed by atoms with Gasteiger partial charge in [-0.25, -0.2) is 21.9 Å². The van der Waals surface area contributed by atoms with E-state index in [1.165, 1.54) is 10.6 Å². The Morgan fingerprint density at radius 3 is 2.50 bits per heavy atom. The quantitative estimate of drug-likeness (QED) is 0.406. The Kier molecular flexibility index (Phi) is 5.78. The van der Waals surface area contributed by atoms with Crippen LogP contribution in [0.4, 0.5) is 8.78 Å². The number of hydrogen-bond acceptors (Lipinski definition) is 4. The molecular weight excluding hydrogens is 488 g/mol. The summed E-state index contributed by atoms with van der Waals surface area (Å²) < 4.78 is 57.1. The van der Waals surface area contributed by atoms with Gasteiger partial charge in [-0.15, -0.1) is 0 Å². The Hall–Kier alpha value is -3.79. The second kappa shape index (κ2) is 8.70. The number of aryl methyl sites for hydroxylation is 2. The van der Waals surface area contributed by atoms with Crippen LogP contribution in [-0.4, -0.2) is 29.1 Å². The largest absolute Gasteiger partial charge is 0.331 e. The van der Waals surface area contributed by atoms with Crippen molar-refractivity contribution in [1.29, 1.82) is 0 Å². The predicted octanol–water partition coefficient (Wildman–Crippen LogP) is 4.16. The topological polar surface area (TPSA) is 101 Å².